The minimum Gasteiger partial charge on any atom is -0.545 e. The highest BCUT2D eigenvalue weighted by atomic mass is 35.5. The zero-order valence-electron chi connectivity index (χ0n) is 12.0. The molecule has 0 saturated carbocycles. The summed E-state index contributed by atoms with van der Waals surface area (Å²) in [5.74, 6) is -3.09. The number of nitrogens with zero attached hydrogens (tertiary/aromatic N) is 1. The normalized spacial score (nSPS) is 15.1. The van der Waals surface area contributed by atoms with Crippen LogP contribution < -0.4 is 15.5 Å². The van der Waals surface area contributed by atoms with Gasteiger partial charge in [0, 0.05) is 37.7 Å². The average Bonchev–Trinajstić information content (AvgIpc) is 2.47. The summed E-state index contributed by atoms with van der Waals surface area (Å²) in [6.07, 6.45) is 0.769. The quantitative estimate of drug-likeness (QED) is 0.698. The Morgan fingerprint density at radius 2 is 1.77 bits per heavy atom. The van der Waals surface area contributed by atoms with E-state index in [1.165, 1.54) is 5.56 Å². The van der Waals surface area contributed by atoms with Crippen molar-refractivity contribution in [2.24, 2.45) is 0 Å². The molecule has 2 rings (SSSR count). The predicted octanol–water partition coefficient (Wildman–Crippen LogP) is -1.21. The van der Waals surface area contributed by atoms with Gasteiger partial charge in [-0.05, 0) is 29.8 Å². The molecule has 1 aromatic rings. The van der Waals surface area contributed by atoms with Crippen LogP contribution in [0.5, 0.6) is 0 Å². The molecule has 1 aliphatic heterocycles. The van der Waals surface area contributed by atoms with E-state index in [1.54, 1.807) is 0 Å². The largest absolute Gasteiger partial charge is 0.545 e. The number of nitrogens with one attached hydrogen (secondary N) is 1. The number of carboxylic acid groups (broad SMARTS) is 2. The van der Waals surface area contributed by atoms with Crippen molar-refractivity contribution in [2.75, 3.05) is 26.2 Å². The molecule has 6 nitrogen and oxygen atoms in total. The first-order valence-corrected chi connectivity index (χ1v) is 7.12. The van der Waals surface area contributed by atoms with Gasteiger partial charge in [-0.2, -0.15) is 0 Å². The molecule has 1 heterocycles. The molecular formula is C15H17ClN2O4-2. The summed E-state index contributed by atoms with van der Waals surface area (Å²) in [6, 6.07) is 8.11. The zero-order valence-corrected chi connectivity index (χ0v) is 12.7. The van der Waals surface area contributed by atoms with Gasteiger partial charge in [-0.1, -0.05) is 23.7 Å². The fourth-order valence-electron chi connectivity index (χ4n) is 1.90. The number of carbonyl (C=O) groups is 2. The van der Waals surface area contributed by atoms with Crippen LogP contribution in [-0.4, -0.2) is 43.0 Å². The van der Waals surface area contributed by atoms with Crippen molar-refractivity contribution in [1.82, 2.24) is 10.2 Å². The van der Waals surface area contributed by atoms with Crippen molar-refractivity contribution in [3.05, 3.63) is 47.0 Å². The van der Waals surface area contributed by atoms with Crippen LogP contribution in [0.4, 0.5) is 0 Å². The smallest absolute Gasteiger partial charge is 0.0643 e. The summed E-state index contributed by atoms with van der Waals surface area (Å²) in [7, 11) is 0. The Kier molecular flexibility index (Phi) is 8.21. The molecule has 0 spiro atoms. The minimum absolute atomic E-state index is 0.384. The number of halogens is 1. The third kappa shape index (κ3) is 8.41. The van der Waals surface area contributed by atoms with Crippen LogP contribution in [0.2, 0.25) is 5.02 Å². The van der Waals surface area contributed by atoms with Gasteiger partial charge < -0.3 is 25.1 Å². The van der Waals surface area contributed by atoms with Crippen molar-refractivity contribution in [3.8, 4) is 0 Å². The first-order chi connectivity index (χ1) is 10.5. The second-order valence-corrected chi connectivity index (χ2v) is 5.06. The maximum absolute atomic E-state index is 9.41. The zero-order chi connectivity index (χ0) is 16.4. The highest BCUT2D eigenvalue weighted by molar-refractivity contribution is 6.30. The number of hydrogen-bond acceptors (Lipinski definition) is 6. The Morgan fingerprint density at radius 3 is 2.27 bits per heavy atom. The van der Waals surface area contributed by atoms with Gasteiger partial charge in [0.25, 0.3) is 0 Å². The van der Waals surface area contributed by atoms with Gasteiger partial charge in [-0.25, -0.2) is 0 Å². The molecular weight excluding hydrogens is 308 g/mol. The summed E-state index contributed by atoms with van der Waals surface area (Å²) < 4.78 is 0. The second kappa shape index (κ2) is 9.94. The number of carbonyl (C=O) groups excluding carboxylic acids is 2. The van der Waals surface area contributed by atoms with E-state index in [0.29, 0.717) is 12.2 Å². The summed E-state index contributed by atoms with van der Waals surface area (Å²) in [5, 5.41) is 23.0. The van der Waals surface area contributed by atoms with Crippen LogP contribution in [0.1, 0.15) is 5.56 Å². The Hall–Kier alpha value is -1.89. The first kappa shape index (κ1) is 18.2. The lowest BCUT2D eigenvalue weighted by Gasteiger charge is -2.27. The van der Waals surface area contributed by atoms with Crippen LogP contribution in [-0.2, 0) is 16.1 Å². The number of aliphatic carboxylic acids is 2. The fourth-order valence-corrected chi connectivity index (χ4v) is 2.11. The monoisotopic (exact) mass is 324 g/mol. The van der Waals surface area contributed by atoms with Gasteiger partial charge in [0.05, 0.1) is 11.9 Å². The second-order valence-electron chi connectivity index (χ2n) is 4.63. The summed E-state index contributed by atoms with van der Waals surface area (Å²) in [5.41, 5.74) is 1.31. The predicted molar refractivity (Wildman–Crippen MR) is 78.8 cm³/mol. The Bertz CT molecular complexity index is 512. The number of benzene rings is 1. The molecule has 1 saturated heterocycles. The molecule has 1 aliphatic rings. The molecule has 22 heavy (non-hydrogen) atoms. The van der Waals surface area contributed by atoms with E-state index in [0.717, 1.165) is 37.7 Å². The summed E-state index contributed by atoms with van der Waals surface area (Å²) in [6.45, 7) is 5.47. The number of piperazine rings is 1. The topological polar surface area (TPSA) is 95.5 Å². The van der Waals surface area contributed by atoms with E-state index in [9.17, 15) is 19.8 Å². The van der Waals surface area contributed by atoms with Crippen LogP contribution in [0.15, 0.2) is 36.4 Å². The maximum Gasteiger partial charge on any atom is 0.0643 e. The molecule has 120 valence electrons. The van der Waals surface area contributed by atoms with Crippen molar-refractivity contribution in [3.63, 3.8) is 0 Å². The minimum atomic E-state index is -1.55. The van der Waals surface area contributed by atoms with Gasteiger partial charge >= 0.3 is 0 Å². The van der Waals surface area contributed by atoms with Gasteiger partial charge in [-0.3, -0.25) is 4.90 Å². The van der Waals surface area contributed by atoms with Crippen molar-refractivity contribution in [1.29, 1.82) is 0 Å². The molecule has 0 aromatic heterocycles. The first-order valence-electron chi connectivity index (χ1n) is 6.75. The van der Waals surface area contributed by atoms with Crippen molar-refractivity contribution >= 4 is 23.5 Å². The standard InChI is InChI=1S/C11H15ClN2.C4H4O4/c12-11-3-1-2-10(8-11)9-14-6-4-13-5-7-14;5-3(6)1-2-4(7)8/h1-3,8,13H,4-7,9H2;1-2H,(H,5,6)(H,7,8)/p-2/b;2-1-. The number of hydrogen-bond donors (Lipinski definition) is 1. The van der Waals surface area contributed by atoms with Gasteiger partial charge in [0.2, 0.25) is 0 Å². The third-order valence-electron chi connectivity index (χ3n) is 2.86. The molecule has 0 amide bonds. The maximum atomic E-state index is 9.41. The van der Waals surface area contributed by atoms with Crippen molar-refractivity contribution < 1.29 is 19.8 Å². The van der Waals surface area contributed by atoms with Crippen LogP contribution in [0, 0.1) is 0 Å². The summed E-state index contributed by atoms with van der Waals surface area (Å²) in [4.78, 5) is 21.3. The molecule has 0 atom stereocenters. The number of carboxylic acids is 2. The molecule has 0 radical (unpaired) electrons. The summed E-state index contributed by atoms with van der Waals surface area (Å²) >= 11 is 5.93. The van der Waals surface area contributed by atoms with E-state index in [1.807, 2.05) is 18.2 Å². The molecule has 1 fully saturated rings. The SMILES string of the molecule is Clc1cccc(CN2CCNCC2)c1.O=C([O-])/C=C\C(=O)[O-]. The highest BCUT2D eigenvalue weighted by Gasteiger charge is 2.09. The molecule has 7 heteroatoms. The molecule has 0 unspecified atom stereocenters. The van der Waals surface area contributed by atoms with E-state index >= 15 is 0 Å². The Balaban J connectivity index is 0.000000261. The lowest BCUT2D eigenvalue weighted by atomic mass is 10.2. The lowest BCUT2D eigenvalue weighted by Crippen LogP contribution is -2.42. The van der Waals surface area contributed by atoms with Crippen LogP contribution >= 0.6 is 11.6 Å². The molecule has 1 N–H and O–H groups in total. The van der Waals surface area contributed by atoms with Gasteiger partial charge in [0.15, 0.2) is 0 Å². The lowest BCUT2D eigenvalue weighted by molar-refractivity contribution is -0.301. The van der Waals surface area contributed by atoms with E-state index < -0.39 is 11.9 Å². The Labute approximate surface area is 134 Å². The average molecular weight is 325 g/mol. The van der Waals surface area contributed by atoms with Gasteiger partial charge in [0.1, 0.15) is 0 Å². The van der Waals surface area contributed by atoms with Crippen LogP contribution in [0.3, 0.4) is 0 Å². The van der Waals surface area contributed by atoms with Gasteiger partial charge in [-0.15, -0.1) is 0 Å². The molecule has 0 bridgehead atoms. The van der Waals surface area contributed by atoms with Crippen molar-refractivity contribution in [2.45, 2.75) is 6.54 Å². The number of rotatable bonds is 4. The molecule has 1 aromatic carbocycles. The van der Waals surface area contributed by atoms with E-state index in [2.05, 4.69) is 16.3 Å². The Morgan fingerprint density at radius 1 is 1.18 bits per heavy atom. The van der Waals surface area contributed by atoms with Crippen LogP contribution in [0.25, 0.3) is 0 Å². The van der Waals surface area contributed by atoms with E-state index in [4.69, 9.17) is 11.6 Å². The molecule has 0 aliphatic carbocycles. The highest BCUT2D eigenvalue weighted by Crippen LogP contribution is 2.12. The van der Waals surface area contributed by atoms with E-state index in [-0.39, 0.29) is 0 Å². The third-order valence-corrected chi connectivity index (χ3v) is 3.10. The fraction of sp³-hybridized carbons (Fsp3) is 0.333.